The summed E-state index contributed by atoms with van der Waals surface area (Å²) in [5.74, 6) is -0.274. The Morgan fingerprint density at radius 3 is 2.09 bits per heavy atom. The smallest absolute Gasteiger partial charge is 0.345 e. The van der Waals surface area contributed by atoms with E-state index in [9.17, 15) is 9.90 Å². The van der Waals surface area contributed by atoms with Gasteiger partial charge in [0.1, 0.15) is 22.7 Å². The van der Waals surface area contributed by atoms with Gasteiger partial charge in [-0.2, -0.15) is 0 Å². The van der Waals surface area contributed by atoms with Crippen LogP contribution in [0.3, 0.4) is 0 Å². The predicted molar refractivity (Wildman–Crippen MR) is 141 cm³/mol. The predicted octanol–water partition coefficient (Wildman–Crippen LogP) is 6.76. The van der Waals surface area contributed by atoms with E-state index in [2.05, 4.69) is 18.3 Å². The number of carbonyl (C=O) groups is 1. The van der Waals surface area contributed by atoms with Crippen molar-refractivity contribution in [2.75, 3.05) is 11.9 Å². The summed E-state index contributed by atoms with van der Waals surface area (Å²) in [6.45, 7) is 4.06. The summed E-state index contributed by atoms with van der Waals surface area (Å²) in [4.78, 5) is 18.4. The van der Waals surface area contributed by atoms with E-state index in [4.69, 9.17) is 9.73 Å². The van der Waals surface area contributed by atoms with Crippen LogP contribution in [0.15, 0.2) is 101 Å². The minimum Gasteiger partial charge on any atom is -0.511 e. The average Bonchev–Trinajstić information content (AvgIpc) is 2.89. The van der Waals surface area contributed by atoms with Crippen molar-refractivity contribution in [3.8, 4) is 0 Å². The highest BCUT2D eigenvalue weighted by Gasteiger charge is 2.42. The van der Waals surface area contributed by atoms with Crippen molar-refractivity contribution in [2.45, 2.75) is 45.1 Å². The van der Waals surface area contributed by atoms with E-state index in [1.165, 1.54) is 0 Å². The van der Waals surface area contributed by atoms with Crippen LogP contribution >= 0.6 is 0 Å². The molecular formula is C30H32N2O3. The van der Waals surface area contributed by atoms with Crippen LogP contribution in [0.1, 0.15) is 56.2 Å². The molecule has 2 N–H and O–H groups in total. The lowest BCUT2D eigenvalue weighted by Crippen LogP contribution is -2.38. The van der Waals surface area contributed by atoms with Crippen molar-refractivity contribution >= 4 is 17.5 Å². The normalized spacial score (nSPS) is 14.7. The van der Waals surface area contributed by atoms with Crippen LogP contribution in [0.4, 0.5) is 5.69 Å². The molecule has 0 spiro atoms. The Morgan fingerprint density at radius 1 is 0.886 bits per heavy atom. The van der Waals surface area contributed by atoms with Gasteiger partial charge in [-0.25, -0.2) is 9.79 Å². The van der Waals surface area contributed by atoms with Gasteiger partial charge in [-0.3, -0.25) is 0 Å². The molecule has 1 heterocycles. The van der Waals surface area contributed by atoms with E-state index in [1.807, 2.05) is 78.9 Å². The van der Waals surface area contributed by atoms with E-state index in [-0.39, 0.29) is 17.9 Å². The molecule has 180 valence electrons. The van der Waals surface area contributed by atoms with Crippen molar-refractivity contribution in [3.63, 3.8) is 0 Å². The van der Waals surface area contributed by atoms with Gasteiger partial charge in [0.25, 0.3) is 0 Å². The first-order valence-corrected chi connectivity index (χ1v) is 12.3. The lowest BCUT2D eigenvalue weighted by molar-refractivity contribution is -0.138. The number of unbranched alkanes of at least 4 members (excludes halogenated alkanes) is 2. The van der Waals surface area contributed by atoms with Crippen LogP contribution in [0.2, 0.25) is 0 Å². The van der Waals surface area contributed by atoms with Gasteiger partial charge in [-0.05, 0) is 30.5 Å². The zero-order valence-electron chi connectivity index (χ0n) is 20.3. The number of aliphatic imine (C=N–C) groups is 1. The van der Waals surface area contributed by atoms with E-state index < -0.39 is 11.5 Å². The number of rotatable bonds is 9. The van der Waals surface area contributed by atoms with Crippen molar-refractivity contribution in [1.82, 2.24) is 0 Å². The molecule has 0 aliphatic carbocycles. The fourth-order valence-electron chi connectivity index (χ4n) is 4.60. The minimum absolute atomic E-state index is 0.00226. The number of amidine groups is 1. The molecular weight excluding hydrogens is 436 g/mol. The lowest BCUT2D eigenvalue weighted by atomic mass is 9.75. The number of nitrogens with zero attached hydrogens (tertiary/aromatic N) is 1. The van der Waals surface area contributed by atoms with Crippen LogP contribution in [-0.2, 0) is 15.1 Å². The summed E-state index contributed by atoms with van der Waals surface area (Å²) in [5.41, 5.74) is 2.90. The molecule has 1 aliphatic rings. The Kier molecular flexibility index (Phi) is 7.66. The third kappa shape index (κ3) is 4.85. The second kappa shape index (κ2) is 11.0. The van der Waals surface area contributed by atoms with Gasteiger partial charge in [0, 0.05) is 17.7 Å². The monoisotopic (exact) mass is 468 g/mol. The number of aliphatic hydroxyl groups excluding tert-OH is 1. The molecule has 0 amide bonds. The van der Waals surface area contributed by atoms with Crippen molar-refractivity contribution < 1.29 is 14.6 Å². The third-order valence-electron chi connectivity index (χ3n) is 6.25. The summed E-state index contributed by atoms with van der Waals surface area (Å²) in [5, 5.41) is 14.4. The summed E-state index contributed by atoms with van der Waals surface area (Å²) in [6.07, 6.45) is 3.13. The number of para-hydroxylation sites is 1. The minimum atomic E-state index is -0.916. The maximum atomic E-state index is 13.2. The molecule has 0 aromatic heterocycles. The van der Waals surface area contributed by atoms with E-state index >= 15 is 0 Å². The zero-order valence-corrected chi connectivity index (χ0v) is 20.3. The summed E-state index contributed by atoms with van der Waals surface area (Å²) < 4.78 is 5.37. The van der Waals surface area contributed by atoms with Gasteiger partial charge in [0.2, 0.25) is 0 Å². The third-order valence-corrected chi connectivity index (χ3v) is 6.25. The maximum absolute atomic E-state index is 13.2. The van der Waals surface area contributed by atoms with Crippen LogP contribution in [0, 0.1) is 0 Å². The summed E-state index contributed by atoms with van der Waals surface area (Å²) in [6, 6.07) is 28.1. The molecule has 0 fully saturated rings. The largest absolute Gasteiger partial charge is 0.511 e. The van der Waals surface area contributed by atoms with Gasteiger partial charge in [-0.1, -0.05) is 98.6 Å². The molecule has 1 aliphatic heterocycles. The number of allylic oxidation sites excluding steroid dienone is 1. The van der Waals surface area contributed by atoms with Gasteiger partial charge in [-0.15, -0.1) is 0 Å². The maximum Gasteiger partial charge on any atom is 0.345 e. The highest BCUT2D eigenvalue weighted by molar-refractivity contribution is 6.25. The number of benzene rings is 3. The Balaban J connectivity index is 2.00. The van der Waals surface area contributed by atoms with Crippen molar-refractivity contribution in [2.24, 2.45) is 4.99 Å². The number of nitrogens with one attached hydrogen (secondary N) is 1. The quantitative estimate of drug-likeness (QED) is 0.158. The number of hydrogen-bond donors (Lipinski definition) is 2. The Morgan fingerprint density at radius 2 is 1.49 bits per heavy atom. The molecule has 5 heteroatoms. The molecule has 0 saturated carbocycles. The second-order valence-corrected chi connectivity index (χ2v) is 8.57. The number of hydrogen-bond acceptors (Lipinski definition) is 5. The Hall–Kier alpha value is -3.86. The topological polar surface area (TPSA) is 70.9 Å². The number of anilines is 1. The number of fused-ring (bicyclic) bond motifs is 1. The zero-order chi connectivity index (χ0) is 24.7. The van der Waals surface area contributed by atoms with Gasteiger partial charge in [0.15, 0.2) is 0 Å². The Bertz CT molecular complexity index is 1180. The van der Waals surface area contributed by atoms with Gasteiger partial charge >= 0.3 is 5.97 Å². The molecule has 0 atom stereocenters. The first kappa shape index (κ1) is 24.3. The van der Waals surface area contributed by atoms with E-state index in [0.717, 1.165) is 41.6 Å². The second-order valence-electron chi connectivity index (χ2n) is 8.57. The van der Waals surface area contributed by atoms with E-state index in [0.29, 0.717) is 12.3 Å². The van der Waals surface area contributed by atoms with Gasteiger partial charge < -0.3 is 15.2 Å². The SMILES string of the molecule is CCCCC/C(O)=C(\C(=O)OCC)C1=NC(c2ccccc2)(c2ccccc2)c2ccccc2N1. The Labute approximate surface area is 207 Å². The molecule has 35 heavy (non-hydrogen) atoms. The molecule has 0 saturated heterocycles. The van der Waals surface area contributed by atoms with Crippen molar-refractivity contribution in [1.29, 1.82) is 0 Å². The van der Waals surface area contributed by atoms with Crippen molar-refractivity contribution in [3.05, 3.63) is 113 Å². The number of ether oxygens (including phenoxy) is 1. The molecule has 5 nitrogen and oxygen atoms in total. The average molecular weight is 469 g/mol. The van der Waals surface area contributed by atoms with Crippen LogP contribution in [0.5, 0.6) is 0 Å². The highest BCUT2D eigenvalue weighted by atomic mass is 16.5. The molecule has 3 aromatic rings. The molecule has 3 aromatic carbocycles. The number of carbonyl (C=O) groups excluding carboxylic acids is 1. The van der Waals surface area contributed by atoms with Crippen LogP contribution in [-0.4, -0.2) is 23.5 Å². The van der Waals surface area contributed by atoms with E-state index in [1.54, 1.807) is 6.92 Å². The molecule has 4 rings (SSSR count). The van der Waals surface area contributed by atoms with Crippen LogP contribution in [0.25, 0.3) is 0 Å². The molecule has 0 bridgehead atoms. The lowest BCUT2D eigenvalue weighted by Gasteiger charge is -2.38. The fraction of sp³-hybridized carbons (Fsp3) is 0.267. The summed E-state index contributed by atoms with van der Waals surface area (Å²) in [7, 11) is 0. The summed E-state index contributed by atoms with van der Waals surface area (Å²) >= 11 is 0. The number of aliphatic hydroxyl groups is 1. The molecule has 0 radical (unpaired) electrons. The first-order valence-electron chi connectivity index (χ1n) is 12.3. The van der Waals surface area contributed by atoms with Gasteiger partial charge in [0.05, 0.1) is 6.61 Å². The first-order chi connectivity index (χ1) is 17.1. The highest BCUT2D eigenvalue weighted by Crippen LogP contribution is 2.46. The molecule has 0 unspecified atom stereocenters. The van der Waals surface area contributed by atoms with Crippen LogP contribution < -0.4 is 5.32 Å². The fourth-order valence-corrected chi connectivity index (χ4v) is 4.60. The number of esters is 1. The standard InChI is InChI=1S/C30H32N2O3/c1-3-5-8-21-26(33)27(29(34)35-4-2)28-31-25-20-14-13-19-24(25)30(32-28,22-15-9-6-10-16-22)23-17-11-7-12-18-23/h6-7,9-20,33H,3-5,8,21H2,1-2H3,(H,31,32)/b27-26+.